The van der Waals surface area contributed by atoms with Gasteiger partial charge < -0.3 is 14.8 Å². The molecule has 1 N–H and O–H groups in total. The Morgan fingerprint density at radius 2 is 1.79 bits per heavy atom. The molecule has 2 aromatic rings. The summed E-state index contributed by atoms with van der Waals surface area (Å²) < 4.78 is 33.6. The van der Waals surface area contributed by atoms with Crippen LogP contribution in [0.15, 0.2) is 42.5 Å². The van der Waals surface area contributed by atoms with Gasteiger partial charge in [-0.1, -0.05) is 0 Å². The molecule has 0 fully saturated rings. The summed E-state index contributed by atoms with van der Waals surface area (Å²) in [6.07, 6.45) is -1.21. The van der Waals surface area contributed by atoms with Gasteiger partial charge >= 0.3 is 12.6 Å². The number of nitro benzene ring substituents is 1. The van der Waals surface area contributed by atoms with Crippen LogP contribution in [0.5, 0.6) is 5.75 Å². The number of ether oxygens (including phenoxy) is 2. The van der Waals surface area contributed by atoms with Gasteiger partial charge in [0.05, 0.1) is 10.5 Å². The second-order valence-electron chi connectivity index (χ2n) is 5.55. The number of halogens is 2. The van der Waals surface area contributed by atoms with Crippen molar-refractivity contribution in [1.82, 2.24) is 0 Å². The Balaban J connectivity index is 2.14. The van der Waals surface area contributed by atoms with Gasteiger partial charge in [0.25, 0.3) is 5.69 Å². The summed E-state index contributed by atoms with van der Waals surface area (Å²) in [6.45, 7) is -1.65. The number of anilines is 1. The molecule has 0 unspecified atom stereocenters. The predicted octanol–water partition coefficient (Wildman–Crippen LogP) is 3.67. The number of hydrogen-bond donors (Lipinski definition) is 1. The summed E-state index contributed by atoms with van der Waals surface area (Å²) in [6, 6.07) is 8.51. The standard InChI is InChI=1S/C18H16F2N2O6/c1-10(16(23)11-3-6-13(7-4-11)28-18(19)20)27-17(24)14-9-12(22(25)26)5-8-15(14)21-2/h3-10,18,21H,1-2H3/t10-/m1/s1. The first-order valence-corrected chi connectivity index (χ1v) is 7.99. The van der Waals surface area contributed by atoms with Gasteiger partial charge in [0.1, 0.15) is 5.75 Å². The van der Waals surface area contributed by atoms with Crippen LogP contribution in [0.25, 0.3) is 0 Å². The predicted molar refractivity (Wildman–Crippen MR) is 94.9 cm³/mol. The van der Waals surface area contributed by atoms with Crippen LogP contribution in [0.1, 0.15) is 27.6 Å². The van der Waals surface area contributed by atoms with Crippen molar-refractivity contribution in [3.8, 4) is 5.75 Å². The van der Waals surface area contributed by atoms with E-state index in [0.717, 1.165) is 6.07 Å². The molecular formula is C18H16F2N2O6. The summed E-state index contributed by atoms with van der Waals surface area (Å²) in [7, 11) is 1.52. The number of esters is 1. The van der Waals surface area contributed by atoms with Crippen molar-refractivity contribution in [3.63, 3.8) is 0 Å². The number of nitrogens with one attached hydrogen (secondary N) is 1. The molecule has 0 aliphatic rings. The Labute approximate surface area is 158 Å². The maximum Gasteiger partial charge on any atom is 0.387 e. The minimum Gasteiger partial charge on any atom is -0.451 e. The number of Topliss-reactive ketones (excluding diaryl/α,β-unsaturated/α-hetero) is 1. The van der Waals surface area contributed by atoms with Gasteiger partial charge in [0.15, 0.2) is 6.10 Å². The van der Waals surface area contributed by atoms with Crippen molar-refractivity contribution in [2.45, 2.75) is 19.6 Å². The second-order valence-corrected chi connectivity index (χ2v) is 5.55. The average Bonchev–Trinajstić information content (AvgIpc) is 2.66. The molecule has 0 heterocycles. The highest BCUT2D eigenvalue weighted by Gasteiger charge is 2.24. The van der Waals surface area contributed by atoms with E-state index in [4.69, 9.17) is 4.74 Å². The van der Waals surface area contributed by atoms with Gasteiger partial charge in [-0.2, -0.15) is 8.78 Å². The smallest absolute Gasteiger partial charge is 0.387 e. The molecule has 2 rings (SSSR count). The zero-order chi connectivity index (χ0) is 20.8. The van der Waals surface area contributed by atoms with Crippen molar-refractivity contribution in [2.24, 2.45) is 0 Å². The Kier molecular flexibility index (Phi) is 6.59. The van der Waals surface area contributed by atoms with Crippen molar-refractivity contribution < 1.29 is 32.8 Å². The third-order valence-corrected chi connectivity index (χ3v) is 3.72. The van der Waals surface area contributed by atoms with Crippen LogP contribution < -0.4 is 10.1 Å². The summed E-state index contributed by atoms with van der Waals surface area (Å²) in [4.78, 5) is 35.0. The highest BCUT2D eigenvalue weighted by atomic mass is 19.3. The molecule has 1 atom stereocenters. The highest BCUT2D eigenvalue weighted by Crippen LogP contribution is 2.24. The molecule has 0 aliphatic carbocycles. The molecule has 0 amide bonds. The van der Waals surface area contributed by atoms with Gasteiger partial charge in [-0.25, -0.2) is 4.79 Å². The molecule has 0 bridgehead atoms. The van der Waals surface area contributed by atoms with Crippen LogP contribution in [-0.2, 0) is 4.74 Å². The molecule has 0 saturated carbocycles. The van der Waals surface area contributed by atoms with Gasteiger partial charge in [0.2, 0.25) is 5.78 Å². The fourth-order valence-corrected chi connectivity index (χ4v) is 2.35. The highest BCUT2D eigenvalue weighted by molar-refractivity contribution is 6.02. The first kappa shape index (κ1) is 20.7. The van der Waals surface area contributed by atoms with Crippen LogP contribution in [0.2, 0.25) is 0 Å². The average molecular weight is 394 g/mol. The SMILES string of the molecule is CNc1ccc([N+](=O)[O-])cc1C(=O)O[C@H](C)C(=O)c1ccc(OC(F)F)cc1. The molecule has 0 spiro atoms. The van der Waals surface area contributed by atoms with E-state index in [1.165, 1.54) is 50.4 Å². The maximum atomic E-state index is 12.4. The number of nitrogens with zero attached hydrogens (tertiary/aromatic N) is 1. The number of benzene rings is 2. The molecule has 2 aromatic carbocycles. The number of rotatable bonds is 8. The van der Waals surface area contributed by atoms with E-state index in [1.807, 2.05) is 0 Å². The first-order valence-electron chi connectivity index (χ1n) is 7.99. The molecule has 0 radical (unpaired) electrons. The van der Waals surface area contributed by atoms with E-state index in [0.29, 0.717) is 5.69 Å². The van der Waals surface area contributed by atoms with Gasteiger partial charge in [-0.15, -0.1) is 0 Å². The van der Waals surface area contributed by atoms with Crippen LogP contribution in [-0.4, -0.2) is 36.4 Å². The van der Waals surface area contributed by atoms with Crippen LogP contribution in [0, 0.1) is 10.1 Å². The number of carbonyl (C=O) groups is 2. The maximum absolute atomic E-state index is 12.4. The third kappa shape index (κ3) is 5.00. The molecular weight excluding hydrogens is 378 g/mol. The third-order valence-electron chi connectivity index (χ3n) is 3.72. The number of alkyl halides is 2. The summed E-state index contributed by atoms with van der Waals surface area (Å²) in [5.41, 5.74) is 0.00938. The van der Waals surface area contributed by atoms with Crippen molar-refractivity contribution in [2.75, 3.05) is 12.4 Å². The largest absolute Gasteiger partial charge is 0.451 e. The second kappa shape index (κ2) is 8.89. The Morgan fingerprint density at radius 1 is 1.14 bits per heavy atom. The topological polar surface area (TPSA) is 108 Å². The molecule has 10 heteroatoms. The number of ketones is 1. The van der Waals surface area contributed by atoms with E-state index in [2.05, 4.69) is 10.1 Å². The molecule has 8 nitrogen and oxygen atoms in total. The lowest BCUT2D eigenvalue weighted by Gasteiger charge is -2.14. The Hall–Kier alpha value is -3.56. The van der Waals surface area contributed by atoms with Crippen LogP contribution in [0.3, 0.4) is 0 Å². The van der Waals surface area contributed by atoms with Gasteiger partial charge in [0, 0.05) is 30.4 Å². The lowest BCUT2D eigenvalue weighted by Crippen LogP contribution is -2.25. The lowest BCUT2D eigenvalue weighted by atomic mass is 10.1. The molecule has 0 aromatic heterocycles. The molecule has 0 aliphatic heterocycles. The van der Waals surface area contributed by atoms with Gasteiger partial charge in [-0.05, 0) is 37.3 Å². The van der Waals surface area contributed by atoms with E-state index < -0.39 is 29.4 Å². The first-order chi connectivity index (χ1) is 13.2. The number of hydrogen-bond acceptors (Lipinski definition) is 7. The minimum absolute atomic E-state index is 0.1000. The van der Waals surface area contributed by atoms with Crippen molar-refractivity contribution >= 4 is 23.1 Å². The summed E-state index contributed by atoms with van der Waals surface area (Å²) >= 11 is 0. The Morgan fingerprint density at radius 3 is 2.32 bits per heavy atom. The van der Waals surface area contributed by atoms with Crippen LogP contribution in [0.4, 0.5) is 20.2 Å². The number of non-ortho nitro benzene ring substituents is 1. The fraction of sp³-hybridized carbons (Fsp3) is 0.222. The number of nitro groups is 1. The monoisotopic (exact) mass is 394 g/mol. The van der Waals surface area contributed by atoms with E-state index in [-0.39, 0.29) is 22.6 Å². The zero-order valence-electron chi connectivity index (χ0n) is 14.8. The minimum atomic E-state index is -2.99. The summed E-state index contributed by atoms with van der Waals surface area (Å²) in [5.74, 6) is -1.62. The normalized spacial score (nSPS) is 11.6. The van der Waals surface area contributed by atoms with Crippen LogP contribution >= 0.6 is 0 Å². The lowest BCUT2D eigenvalue weighted by molar-refractivity contribution is -0.384. The van der Waals surface area contributed by atoms with E-state index in [9.17, 15) is 28.5 Å². The van der Waals surface area contributed by atoms with Crippen molar-refractivity contribution in [1.29, 1.82) is 0 Å². The van der Waals surface area contributed by atoms with E-state index in [1.54, 1.807) is 0 Å². The zero-order valence-corrected chi connectivity index (χ0v) is 14.8. The summed E-state index contributed by atoms with van der Waals surface area (Å²) in [5, 5.41) is 13.6. The Bertz CT molecular complexity index is 886. The van der Waals surface area contributed by atoms with Crippen molar-refractivity contribution in [3.05, 3.63) is 63.7 Å². The van der Waals surface area contributed by atoms with E-state index >= 15 is 0 Å². The fourth-order valence-electron chi connectivity index (χ4n) is 2.35. The number of carbonyl (C=O) groups excluding carboxylic acids is 2. The van der Waals surface area contributed by atoms with Gasteiger partial charge in [-0.3, -0.25) is 14.9 Å². The molecule has 28 heavy (non-hydrogen) atoms. The molecule has 148 valence electrons. The quantitative estimate of drug-likeness (QED) is 0.315. The molecule has 0 saturated heterocycles.